The maximum Gasteiger partial charge on any atom is 0.414 e. The Morgan fingerprint density at radius 3 is 2.01 bits per heavy atom. The number of carbonyl (C=O) groups excluding carboxylic acids is 6. The van der Waals surface area contributed by atoms with Gasteiger partial charge in [-0.05, 0) is 190 Å². The molecule has 6 atom stereocenters. The molecule has 0 radical (unpaired) electrons. The number of nitrogens with one attached hydrogen (secondary N) is 5. The number of hydrogen-bond donors (Lipinski definition) is 8. The number of sulfonamides is 1. The Bertz CT molecular complexity index is 6670. The van der Waals surface area contributed by atoms with Gasteiger partial charge in [-0.25, -0.2) is 51.6 Å². The van der Waals surface area contributed by atoms with E-state index in [0.29, 0.717) is 121 Å². The molecule has 15 rings (SSSR count). The van der Waals surface area contributed by atoms with E-state index in [-0.39, 0.29) is 74.5 Å². The number of rotatable bonds is 41. The molecule has 774 valence electrons. The highest BCUT2D eigenvalue weighted by Gasteiger charge is 2.41. The number of carboxylic acids is 3. The van der Waals surface area contributed by atoms with Crippen LogP contribution in [0.25, 0.3) is 31.9 Å². The summed E-state index contributed by atoms with van der Waals surface area (Å²) in [6.45, 7) is 12.1. The van der Waals surface area contributed by atoms with Crippen LogP contribution in [0.2, 0.25) is 0 Å². The van der Waals surface area contributed by atoms with Crippen molar-refractivity contribution in [1.29, 1.82) is 0 Å². The first-order valence-electron chi connectivity index (χ1n) is 48.6. The average Bonchev–Trinajstić information content (AvgIpc) is 1.57. The normalized spacial score (nSPS) is 14.8. The predicted molar refractivity (Wildman–Crippen MR) is 552 cm³/mol. The van der Waals surface area contributed by atoms with Crippen LogP contribution in [0.5, 0.6) is 23.0 Å². The molecule has 3 aliphatic heterocycles. The average molecular weight is 2060 g/mol. The van der Waals surface area contributed by atoms with Gasteiger partial charge in [0.05, 0.1) is 67.7 Å². The summed E-state index contributed by atoms with van der Waals surface area (Å²) in [5.74, 6) is -4.25. The van der Waals surface area contributed by atoms with Gasteiger partial charge in [0, 0.05) is 116 Å². The number of thiophene rings is 1. The number of aromatic carboxylic acids is 1. The van der Waals surface area contributed by atoms with Gasteiger partial charge in [-0.15, -0.1) is 23.1 Å². The number of unbranched alkanes of at least 4 members (excludes halogenated alkanes) is 1. The first kappa shape index (κ1) is 109. The molecule has 146 heavy (non-hydrogen) atoms. The van der Waals surface area contributed by atoms with E-state index in [4.69, 9.17) is 33.5 Å². The quantitative estimate of drug-likeness (QED) is 0.0130. The van der Waals surface area contributed by atoms with Crippen molar-refractivity contribution in [2.75, 3.05) is 102 Å². The van der Waals surface area contributed by atoms with Crippen molar-refractivity contribution in [2.24, 2.45) is 5.92 Å². The number of likely N-dealkylation sites (tertiary alicyclic amines) is 1. The number of ether oxygens (including phenoxy) is 6. The van der Waals surface area contributed by atoms with E-state index in [2.05, 4.69) is 45.8 Å². The minimum atomic E-state index is -3.65. The van der Waals surface area contributed by atoms with Gasteiger partial charge in [0.25, 0.3) is 5.56 Å². The van der Waals surface area contributed by atoms with Gasteiger partial charge in [-0.2, -0.15) is 5.10 Å². The number of aromatic nitrogens is 7. The number of hydrogen-bond acceptors (Lipinski definition) is 26. The Kier molecular flexibility index (Phi) is 38.6. The number of aliphatic carboxylic acids is 2. The van der Waals surface area contributed by atoms with Crippen molar-refractivity contribution in [3.05, 3.63) is 254 Å². The molecule has 0 saturated carbocycles. The molecule has 8 N–H and O–H groups in total. The monoisotopic (exact) mass is 2060 g/mol. The predicted octanol–water partition coefficient (Wildman–Crippen LogP) is 12.5. The lowest BCUT2D eigenvalue weighted by molar-refractivity contribution is -0.145. The second-order valence-corrected chi connectivity index (χ2v) is 39.8. The van der Waals surface area contributed by atoms with E-state index >= 15 is 0 Å². The van der Waals surface area contributed by atoms with E-state index < -0.39 is 118 Å². The summed E-state index contributed by atoms with van der Waals surface area (Å²) >= 11 is 2.67. The molecule has 4 aliphatic rings. The second kappa shape index (κ2) is 51.8. The number of thioether (sulfide) groups is 1. The van der Waals surface area contributed by atoms with Crippen LogP contribution in [0, 0.1) is 5.92 Å². The van der Waals surface area contributed by atoms with Gasteiger partial charge in [0.1, 0.15) is 77.5 Å². The Morgan fingerprint density at radius 1 is 0.664 bits per heavy atom. The standard InChI is InChI=1S/C47H68N8O10.C31H27N5O4.C27H29N3O8S3/c1-6-7-17-34(42(57)50-37(45(60)61)29-41(56)53-25-23-52(24-26-53)39-19-12-13-20-40(39)64-4)48-44(59)36(28-32-30-55(47(63)65-5)38-18-11-10-16-33(32)38)49-43(58)35(27-31(2)3)51-46(62)54-21-14-8-9-15-22-54;1-2-39-23-7-5-6-22(15-23)29(27-8-3-4-13-34-27)36-30-25-12-10-24(40-18-20-16-32-19-33-17-20)14-21(25)9-11-26(30)28(35-36)31(37)38;1-4-41(35,36)28-13-20-23-25(33)29(15-22(31)32)27(34)30(14-18-7-5-6-8-21(18)39-3)26(23)40-24(20)17-9-11-19(12-10-17)38-16-37-2/h10-13,16,18-20,31-32,34-37H,6-9,14-15,17,21-30H2,1-5H3,(H,48,59)(H,49,58)(H,50,57)(H,51,62)(H,60,61);3-8,10,12-17,19,29H,2,9,11,18H2,1H3,(H,37,38);5-12,28H,4,13-16H2,1-3H3,(H,31,32)/t32?,34-,35+,36-,37-;;/m1../s1. The molecule has 38 nitrogen and oxygen atoms in total. The molecule has 8 heterocycles. The number of carboxylic acid groups (broad SMARTS) is 3. The maximum absolute atomic E-state index is 14.6. The van der Waals surface area contributed by atoms with Crippen molar-refractivity contribution in [1.82, 2.24) is 69.7 Å². The number of urea groups is 1. The lowest BCUT2D eigenvalue weighted by Gasteiger charge is -2.37. The van der Waals surface area contributed by atoms with Crippen LogP contribution >= 0.6 is 23.1 Å². The molecule has 2 saturated heterocycles. The maximum atomic E-state index is 14.6. The summed E-state index contributed by atoms with van der Waals surface area (Å²) in [4.78, 5) is 168. The number of piperazine rings is 1. The molecule has 1 aliphatic carbocycles. The molecular weight excluding hydrogens is 1930 g/mol. The number of benzene rings is 6. The van der Waals surface area contributed by atoms with Gasteiger partial charge in [0.15, 0.2) is 12.5 Å². The van der Waals surface area contributed by atoms with Crippen molar-refractivity contribution in [3.63, 3.8) is 0 Å². The summed E-state index contributed by atoms with van der Waals surface area (Å²) in [5, 5.41) is 45.8. The fourth-order valence-corrected chi connectivity index (χ4v) is 20.7. The zero-order chi connectivity index (χ0) is 104. The Morgan fingerprint density at radius 2 is 1.34 bits per heavy atom. The number of pyridine rings is 1. The Balaban J connectivity index is 0.000000191. The summed E-state index contributed by atoms with van der Waals surface area (Å²) in [6, 6.07) is 42.7. The largest absolute Gasteiger partial charge is 0.495 e. The molecule has 5 aromatic heterocycles. The molecule has 0 spiro atoms. The number of methoxy groups -OCH3 is 3. The molecule has 6 aromatic carbocycles. The molecular formula is C105H124N16O22S3. The summed E-state index contributed by atoms with van der Waals surface area (Å²) in [5.41, 5.74) is 8.58. The first-order valence-corrected chi connectivity index (χ1v) is 52.3. The summed E-state index contributed by atoms with van der Waals surface area (Å²) in [7, 11) is 0.722. The third-order valence-corrected chi connectivity index (χ3v) is 29.0. The minimum absolute atomic E-state index is 0.00281. The highest BCUT2D eigenvalue weighted by atomic mass is 32.2. The van der Waals surface area contributed by atoms with Gasteiger partial charge in [-0.3, -0.25) is 47.9 Å². The fourth-order valence-electron chi connectivity index (χ4n) is 18.2. The van der Waals surface area contributed by atoms with E-state index in [0.717, 1.165) is 98.1 Å². The van der Waals surface area contributed by atoms with Crippen molar-refractivity contribution < 1.29 is 95.3 Å². The zero-order valence-corrected chi connectivity index (χ0v) is 85.4. The summed E-state index contributed by atoms with van der Waals surface area (Å²) in [6.07, 6.45) is 14.1. The number of aryl methyl sites for hydroxylation is 1. The Hall–Kier alpha value is -14.6. The highest BCUT2D eigenvalue weighted by molar-refractivity contribution is 7.98. The topological polar surface area (TPSA) is 477 Å². The number of nitrogens with zero attached hydrogens (tertiary/aromatic N) is 11. The highest BCUT2D eigenvalue weighted by Crippen LogP contribution is 2.44. The van der Waals surface area contributed by atoms with Crippen LogP contribution in [-0.4, -0.2) is 238 Å². The SMILES string of the molecule is CCCC[C@@H](NC(=O)[C@@H](CC1CN(C(=O)OC)c2ccccc21)NC(=O)[C@H](CC(C)C)NC(=O)N1CCCCCC1)C(=O)N[C@H](CC(=O)N1CCN(c2ccccc2OC)CC1)C(=O)O.CCOc1cccc(C(c2ccccn2)n2nc(C(=O)O)c3c2-c2ccc(OCc4cncnc4)cc2CC3)c1.CCS(=O)(=O)NCc1c(-c2ccc(OCOC)cc2)sc2c1c(=O)n(CC(=O)O)c(=O)n2Cc1ccccc1SC. The third kappa shape index (κ3) is 27.5. The van der Waals surface area contributed by atoms with Crippen LogP contribution in [0.4, 0.5) is 21.0 Å². The molecule has 41 heteroatoms. The Labute approximate surface area is 854 Å². The van der Waals surface area contributed by atoms with Gasteiger partial charge < -0.3 is 79.7 Å². The second-order valence-electron chi connectivity index (χ2n) is 35.8. The zero-order valence-electron chi connectivity index (χ0n) is 83.0. The lowest BCUT2D eigenvalue weighted by atomic mass is 9.88. The van der Waals surface area contributed by atoms with Crippen LogP contribution in [0.15, 0.2) is 197 Å². The first-order chi connectivity index (χ1) is 70.4. The molecule has 0 bridgehead atoms. The number of carbonyl (C=O) groups is 9. The van der Waals surface area contributed by atoms with Gasteiger partial charge >= 0.3 is 35.7 Å². The van der Waals surface area contributed by atoms with Crippen LogP contribution < -0.4 is 66.0 Å². The fraction of sp³-hybridized carbons (Fsp3) is 0.400. The van der Waals surface area contributed by atoms with Crippen molar-refractivity contribution >= 4 is 108 Å². The molecule has 11 aromatic rings. The van der Waals surface area contributed by atoms with Crippen LogP contribution in [0.3, 0.4) is 0 Å². The molecule has 2 fully saturated rings. The minimum Gasteiger partial charge on any atom is -0.495 e. The lowest BCUT2D eigenvalue weighted by Crippen LogP contribution is -2.59. The van der Waals surface area contributed by atoms with E-state index in [1.54, 1.807) is 71.9 Å². The van der Waals surface area contributed by atoms with Crippen LogP contribution in [0.1, 0.15) is 166 Å². The summed E-state index contributed by atoms with van der Waals surface area (Å²) < 4.78 is 64.0. The number of anilines is 2. The van der Waals surface area contributed by atoms with Gasteiger partial charge in [-0.1, -0.05) is 113 Å². The number of para-hydroxylation sites is 3. The number of amides is 7. The van der Waals surface area contributed by atoms with E-state index in [1.807, 2.05) is 160 Å². The smallest absolute Gasteiger partial charge is 0.414 e. The molecule has 2 unspecified atom stereocenters. The van der Waals surface area contributed by atoms with Crippen molar-refractivity contribution in [2.45, 2.75) is 179 Å². The van der Waals surface area contributed by atoms with E-state index in [1.165, 1.54) is 60.0 Å². The van der Waals surface area contributed by atoms with Gasteiger partial charge in [0.2, 0.25) is 33.7 Å². The molecule has 7 amide bonds. The third-order valence-electron chi connectivity index (χ3n) is 25.5. The van der Waals surface area contributed by atoms with Crippen molar-refractivity contribution in [3.8, 4) is 44.7 Å². The van der Waals surface area contributed by atoms with E-state index in [9.17, 15) is 76.5 Å². The number of fused-ring (bicyclic) bond motifs is 5. The van der Waals surface area contributed by atoms with Crippen LogP contribution in [-0.2, 0) is 87.3 Å².